The third kappa shape index (κ3) is 5.50. The van der Waals surface area contributed by atoms with Crippen LogP contribution in [0.1, 0.15) is 36.4 Å². The number of carbonyl (C=O) groups is 2. The van der Waals surface area contributed by atoms with Crippen LogP contribution in [0.15, 0.2) is 41.8 Å². The van der Waals surface area contributed by atoms with Crippen LogP contribution in [0.3, 0.4) is 0 Å². The molecule has 2 heterocycles. The van der Waals surface area contributed by atoms with E-state index in [4.69, 9.17) is 4.74 Å². The second-order valence-corrected chi connectivity index (χ2v) is 8.59. The van der Waals surface area contributed by atoms with Crippen molar-refractivity contribution in [3.63, 3.8) is 0 Å². The van der Waals surface area contributed by atoms with Gasteiger partial charge in [0.1, 0.15) is 11.8 Å². The van der Waals surface area contributed by atoms with Crippen LogP contribution in [-0.2, 0) is 4.79 Å². The summed E-state index contributed by atoms with van der Waals surface area (Å²) in [7, 11) is 1.66. The van der Waals surface area contributed by atoms with Gasteiger partial charge in [-0.2, -0.15) is 0 Å². The zero-order chi connectivity index (χ0) is 20.8. The van der Waals surface area contributed by atoms with E-state index >= 15 is 0 Å². The molecular weight excluding hydrogens is 386 g/mol. The topological polar surface area (TPSA) is 70.7 Å². The van der Waals surface area contributed by atoms with E-state index in [1.165, 1.54) is 17.0 Å². The minimum atomic E-state index is -0.538. The Bertz CT molecular complexity index is 797. The summed E-state index contributed by atoms with van der Waals surface area (Å²) in [5.41, 5.74) is 1.17. The van der Waals surface area contributed by atoms with Gasteiger partial charge in [0, 0.05) is 24.8 Å². The lowest BCUT2D eigenvalue weighted by molar-refractivity contribution is -0.124. The number of nitrogens with one attached hydrogen (secondary N) is 2. The first-order valence-electron chi connectivity index (χ1n) is 10.0. The third-order valence-corrected chi connectivity index (χ3v) is 6.13. The minimum Gasteiger partial charge on any atom is -0.497 e. The number of nitrogens with zero attached hydrogens (tertiary/aromatic N) is 1. The van der Waals surface area contributed by atoms with Gasteiger partial charge < -0.3 is 20.3 Å². The quantitative estimate of drug-likeness (QED) is 0.728. The first-order chi connectivity index (χ1) is 14.0. The highest BCUT2D eigenvalue weighted by molar-refractivity contribution is 7.12. The normalized spacial score (nSPS) is 15.8. The van der Waals surface area contributed by atoms with Crippen LogP contribution in [-0.4, -0.2) is 44.1 Å². The van der Waals surface area contributed by atoms with Gasteiger partial charge in [-0.15, -0.1) is 11.3 Å². The fraction of sp³-hybridized carbons (Fsp3) is 0.455. The van der Waals surface area contributed by atoms with Gasteiger partial charge in [-0.1, -0.05) is 19.9 Å². The first-order valence-corrected chi connectivity index (χ1v) is 10.9. The highest BCUT2D eigenvalue weighted by atomic mass is 32.1. The zero-order valence-electron chi connectivity index (χ0n) is 17.2. The van der Waals surface area contributed by atoms with Crippen LogP contribution in [0.5, 0.6) is 5.75 Å². The Balaban J connectivity index is 1.52. The van der Waals surface area contributed by atoms with E-state index in [0.29, 0.717) is 4.88 Å². The molecule has 7 heteroatoms. The van der Waals surface area contributed by atoms with Gasteiger partial charge >= 0.3 is 0 Å². The molecule has 3 rings (SSSR count). The van der Waals surface area contributed by atoms with Crippen molar-refractivity contribution in [1.29, 1.82) is 0 Å². The molecule has 1 aliphatic rings. The van der Waals surface area contributed by atoms with Crippen LogP contribution >= 0.6 is 11.3 Å². The van der Waals surface area contributed by atoms with Crippen molar-refractivity contribution in [2.45, 2.75) is 38.8 Å². The van der Waals surface area contributed by atoms with Crippen molar-refractivity contribution < 1.29 is 14.3 Å². The summed E-state index contributed by atoms with van der Waals surface area (Å²) in [5, 5.41) is 7.89. The van der Waals surface area contributed by atoms with Gasteiger partial charge in [-0.25, -0.2) is 0 Å². The van der Waals surface area contributed by atoms with Gasteiger partial charge in [0.25, 0.3) is 5.91 Å². The summed E-state index contributed by atoms with van der Waals surface area (Å²) in [4.78, 5) is 28.1. The Hall–Kier alpha value is -2.54. The molecule has 6 nitrogen and oxygen atoms in total. The van der Waals surface area contributed by atoms with E-state index in [2.05, 4.69) is 27.7 Å². The number of piperidine rings is 1. The van der Waals surface area contributed by atoms with E-state index in [9.17, 15) is 9.59 Å². The highest BCUT2D eigenvalue weighted by Crippen LogP contribution is 2.23. The van der Waals surface area contributed by atoms with Crippen molar-refractivity contribution in [3.05, 3.63) is 46.7 Å². The molecule has 29 heavy (non-hydrogen) atoms. The molecule has 0 bridgehead atoms. The minimum absolute atomic E-state index is 0.0123. The van der Waals surface area contributed by atoms with Crippen LogP contribution < -0.4 is 20.3 Å². The Morgan fingerprint density at radius 3 is 2.38 bits per heavy atom. The van der Waals surface area contributed by atoms with Crippen molar-refractivity contribution in [2.75, 3.05) is 25.1 Å². The second kappa shape index (κ2) is 9.78. The molecule has 2 amide bonds. The third-order valence-electron chi connectivity index (χ3n) is 5.26. The fourth-order valence-electron chi connectivity index (χ4n) is 3.52. The molecule has 0 aliphatic carbocycles. The molecule has 1 atom stereocenters. The standard InChI is InChI=1S/C22H29N3O3S/c1-15(2)20(24-21(26)19-5-4-14-29-19)22(27)23-16-10-12-25(13-11-16)17-6-8-18(28-3)9-7-17/h4-9,14-16,20H,10-13H2,1-3H3,(H,23,27)(H,24,26). The fourth-order valence-corrected chi connectivity index (χ4v) is 4.15. The lowest BCUT2D eigenvalue weighted by Crippen LogP contribution is -2.54. The van der Waals surface area contributed by atoms with Crippen molar-refractivity contribution in [2.24, 2.45) is 5.92 Å². The molecule has 0 saturated carbocycles. The molecular formula is C22H29N3O3S. The smallest absolute Gasteiger partial charge is 0.262 e. The number of amides is 2. The lowest BCUT2D eigenvalue weighted by Gasteiger charge is -2.35. The number of thiophene rings is 1. The van der Waals surface area contributed by atoms with E-state index < -0.39 is 6.04 Å². The number of benzene rings is 1. The van der Waals surface area contributed by atoms with Crippen molar-refractivity contribution in [1.82, 2.24) is 10.6 Å². The monoisotopic (exact) mass is 415 g/mol. The van der Waals surface area contributed by atoms with Crippen LogP contribution in [0.25, 0.3) is 0 Å². The predicted octanol–water partition coefficient (Wildman–Crippen LogP) is 3.30. The summed E-state index contributed by atoms with van der Waals surface area (Å²) < 4.78 is 5.21. The molecule has 0 radical (unpaired) electrons. The van der Waals surface area contributed by atoms with Crippen LogP contribution in [0.2, 0.25) is 0 Å². The molecule has 1 aromatic heterocycles. The van der Waals surface area contributed by atoms with Gasteiger partial charge in [-0.3, -0.25) is 9.59 Å². The largest absolute Gasteiger partial charge is 0.497 e. The van der Waals surface area contributed by atoms with E-state index in [1.807, 2.05) is 37.4 Å². The number of anilines is 1. The van der Waals surface area contributed by atoms with Crippen LogP contribution in [0, 0.1) is 5.92 Å². The molecule has 1 unspecified atom stereocenters. The number of hydrogen-bond donors (Lipinski definition) is 2. The zero-order valence-corrected chi connectivity index (χ0v) is 18.0. The van der Waals surface area contributed by atoms with Gasteiger partial charge in [0.15, 0.2) is 0 Å². The SMILES string of the molecule is COc1ccc(N2CCC(NC(=O)C(NC(=O)c3cccs3)C(C)C)CC2)cc1. The van der Waals surface area contributed by atoms with E-state index in [0.717, 1.165) is 31.7 Å². The summed E-state index contributed by atoms with van der Waals surface area (Å²) in [6.07, 6.45) is 1.75. The van der Waals surface area contributed by atoms with Crippen molar-refractivity contribution in [3.8, 4) is 5.75 Å². The van der Waals surface area contributed by atoms with Crippen molar-refractivity contribution >= 4 is 28.8 Å². The molecule has 2 aromatic rings. The van der Waals surface area contributed by atoms with E-state index in [1.54, 1.807) is 13.2 Å². The Morgan fingerprint density at radius 1 is 1.14 bits per heavy atom. The molecule has 1 aromatic carbocycles. The summed E-state index contributed by atoms with van der Waals surface area (Å²) in [6.45, 7) is 5.66. The number of methoxy groups -OCH3 is 1. The molecule has 156 valence electrons. The maximum atomic E-state index is 12.8. The maximum Gasteiger partial charge on any atom is 0.262 e. The first kappa shape index (κ1) is 21.2. The van der Waals surface area contributed by atoms with Gasteiger partial charge in [0.05, 0.1) is 12.0 Å². The average Bonchev–Trinajstić information content (AvgIpc) is 3.27. The Morgan fingerprint density at radius 2 is 1.83 bits per heavy atom. The van der Waals surface area contributed by atoms with Gasteiger partial charge in [0.2, 0.25) is 5.91 Å². The molecule has 1 fully saturated rings. The summed E-state index contributed by atoms with van der Waals surface area (Å²) in [5.74, 6) is 0.564. The number of rotatable bonds is 7. The second-order valence-electron chi connectivity index (χ2n) is 7.64. The molecule has 0 spiro atoms. The summed E-state index contributed by atoms with van der Waals surface area (Å²) >= 11 is 1.38. The van der Waals surface area contributed by atoms with Gasteiger partial charge in [-0.05, 0) is 54.5 Å². The number of ether oxygens (including phenoxy) is 1. The summed E-state index contributed by atoms with van der Waals surface area (Å²) in [6, 6.07) is 11.2. The molecule has 2 N–H and O–H groups in total. The molecule has 1 aliphatic heterocycles. The maximum absolute atomic E-state index is 12.8. The van der Waals surface area contributed by atoms with Crippen LogP contribution in [0.4, 0.5) is 5.69 Å². The Labute approximate surface area is 176 Å². The number of carbonyl (C=O) groups excluding carboxylic acids is 2. The average molecular weight is 416 g/mol. The number of hydrogen-bond acceptors (Lipinski definition) is 5. The lowest BCUT2D eigenvalue weighted by atomic mass is 10.00. The Kier molecular flexibility index (Phi) is 7.14. The molecule has 1 saturated heterocycles. The highest BCUT2D eigenvalue weighted by Gasteiger charge is 2.28. The predicted molar refractivity (Wildman–Crippen MR) is 117 cm³/mol. The van der Waals surface area contributed by atoms with E-state index in [-0.39, 0.29) is 23.8 Å².